The minimum absolute atomic E-state index is 0.183. The molecule has 1 aliphatic carbocycles. The third kappa shape index (κ3) is 1.55. The summed E-state index contributed by atoms with van der Waals surface area (Å²) in [5.41, 5.74) is -0.0122. The molecule has 18 heavy (non-hydrogen) atoms. The first-order valence-electron chi connectivity index (χ1n) is 6.36. The van der Waals surface area contributed by atoms with Gasteiger partial charge in [0.1, 0.15) is 0 Å². The molecule has 1 N–H and O–H groups in total. The van der Waals surface area contributed by atoms with Crippen molar-refractivity contribution in [1.29, 1.82) is 0 Å². The molecule has 4 heteroatoms. The predicted octanol–water partition coefficient (Wildman–Crippen LogP) is 2.70. The van der Waals surface area contributed by atoms with Crippen LogP contribution >= 0.6 is 0 Å². The van der Waals surface area contributed by atoms with Crippen LogP contribution in [0, 0.1) is 0 Å². The summed E-state index contributed by atoms with van der Waals surface area (Å²) >= 11 is 0. The van der Waals surface area contributed by atoms with Crippen molar-refractivity contribution in [3.05, 3.63) is 23.8 Å². The van der Waals surface area contributed by atoms with Gasteiger partial charge < -0.3 is 14.6 Å². The predicted molar refractivity (Wildman–Crippen MR) is 65.0 cm³/mol. The Labute approximate surface area is 106 Å². The number of carboxylic acid groups (broad SMARTS) is 1. The van der Waals surface area contributed by atoms with Crippen molar-refractivity contribution in [1.82, 2.24) is 0 Å². The van der Waals surface area contributed by atoms with Gasteiger partial charge in [-0.25, -0.2) is 0 Å². The molecule has 2 aliphatic rings. The molecular weight excluding hydrogens is 232 g/mol. The van der Waals surface area contributed by atoms with Crippen LogP contribution in [-0.2, 0) is 10.2 Å². The number of aliphatic carboxylic acids is 1. The lowest BCUT2D eigenvalue weighted by Gasteiger charge is -2.34. The maximum absolute atomic E-state index is 11.8. The van der Waals surface area contributed by atoms with Gasteiger partial charge in [-0.1, -0.05) is 31.4 Å². The topological polar surface area (TPSA) is 55.8 Å². The Kier molecular flexibility index (Phi) is 2.65. The number of carbonyl (C=O) groups is 1. The number of ether oxygens (including phenoxy) is 2. The first kappa shape index (κ1) is 11.4. The molecule has 0 spiro atoms. The Bertz CT molecular complexity index is 475. The van der Waals surface area contributed by atoms with Crippen LogP contribution in [0.4, 0.5) is 0 Å². The van der Waals surface area contributed by atoms with E-state index in [2.05, 4.69) is 0 Å². The molecule has 0 unspecified atom stereocenters. The van der Waals surface area contributed by atoms with E-state index in [1.807, 2.05) is 18.2 Å². The molecule has 0 aromatic heterocycles. The van der Waals surface area contributed by atoms with Crippen LogP contribution in [0.25, 0.3) is 0 Å². The molecule has 3 rings (SSSR count). The highest BCUT2D eigenvalue weighted by Gasteiger charge is 2.44. The minimum Gasteiger partial charge on any atom is -0.481 e. The van der Waals surface area contributed by atoms with Crippen molar-refractivity contribution < 1.29 is 19.4 Å². The third-order valence-electron chi connectivity index (χ3n) is 4.03. The van der Waals surface area contributed by atoms with Crippen molar-refractivity contribution in [2.75, 3.05) is 6.79 Å². The highest BCUT2D eigenvalue weighted by molar-refractivity contribution is 5.83. The molecule has 1 aromatic rings. The number of hydrogen-bond acceptors (Lipinski definition) is 3. The summed E-state index contributed by atoms with van der Waals surface area (Å²) in [6, 6.07) is 5.54. The lowest BCUT2D eigenvalue weighted by molar-refractivity contribution is -0.145. The summed E-state index contributed by atoms with van der Waals surface area (Å²) < 4.78 is 10.8. The lowest BCUT2D eigenvalue weighted by Crippen LogP contribution is -2.38. The van der Waals surface area contributed by atoms with Gasteiger partial charge in [0.15, 0.2) is 11.5 Å². The molecular formula is C14H16O4. The lowest BCUT2D eigenvalue weighted by atomic mass is 9.69. The first-order chi connectivity index (χ1) is 8.74. The van der Waals surface area contributed by atoms with Crippen LogP contribution in [0.1, 0.15) is 37.7 Å². The normalized spacial score (nSPS) is 20.7. The van der Waals surface area contributed by atoms with Crippen molar-refractivity contribution >= 4 is 5.97 Å². The van der Waals surface area contributed by atoms with Gasteiger partial charge in [0, 0.05) is 5.56 Å². The maximum atomic E-state index is 11.8. The fourth-order valence-corrected chi connectivity index (χ4v) is 3.06. The Morgan fingerprint density at radius 3 is 2.67 bits per heavy atom. The maximum Gasteiger partial charge on any atom is 0.314 e. The molecule has 96 valence electrons. The van der Waals surface area contributed by atoms with Gasteiger partial charge in [-0.15, -0.1) is 0 Å². The number of rotatable bonds is 2. The standard InChI is InChI=1S/C14H16O4/c15-13(16)14(7-2-1-3-8-14)10-5-4-6-11-12(10)18-9-17-11/h4-6H,1-3,7-9H2,(H,15,16). The van der Waals surface area contributed by atoms with E-state index < -0.39 is 11.4 Å². The van der Waals surface area contributed by atoms with Gasteiger partial charge in [0.05, 0.1) is 5.41 Å². The highest BCUT2D eigenvalue weighted by Crippen LogP contribution is 2.47. The molecule has 4 nitrogen and oxygen atoms in total. The van der Waals surface area contributed by atoms with E-state index in [1.165, 1.54) is 0 Å². The summed E-state index contributed by atoms with van der Waals surface area (Å²) in [4.78, 5) is 11.8. The number of fused-ring (bicyclic) bond motifs is 1. The van der Waals surface area contributed by atoms with Gasteiger partial charge in [0.2, 0.25) is 6.79 Å². The number of carboxylic acids is 1. The van der Waals surface area contributed by atoms with E-state index in [0.29, 0.717) is 24.3 Å². The van der Waals surface area contributed by atoms with Crippen LogP contribution in [0.3, 0.4) is 0 Å². The van der Waals surface area contributed by atoms with E-state index in [0.717, 1.165) is 24.8 Å². The Hall–Kier alpha value is -1.71. The van der Waals surface area contributed by atoms with Gasteiger partial charge >= 0.3 is 5.97 Å². The Morgan fingerprint density at radius 2 is 1.94 bits per heavy atom. The van der Waals surface area contributed by atoms with E-state index in [4.69, 9.17) is 9.47 Å². The van der Waals surface area contributed by atoms with Crippen molar-refractivity contribution in [2.24, 2.45) is 0 Å². The fraction of sp³-hybridized carbons (Fsp3) is 0.500. The summed E-state index contributed by atoms with van der Waals surface area (Å²) in [5, 5.41) is 9.68. The quantitative estimate of drug-likeness (QED) is 0.874. The van der Waals surface area contributed by atoms with Crippen molar-refractivity contribution in [3.8, 4) is 11.5 Å². The number of para-hydroxylation sites is 1. The SMILES string of the molecule is O=C(O)C1(c2cccc3c2OCO3)CCCCC1. The van der Waals surface area contributed by atoms with Crippen molar-refractivity contribution in [3.63, 3.8) is 0 Å². The van der Waals surface area contributed by atoms with Crippen LogP contribution in [-0.4, -0.2) is 17.9 Å². The molecule has 0 amide bonds. The van der Waals surface area contributed by atoms with Gasteiger partial charge in [-0.3, -0.25) is 4.79 Å². The van der Waals surface area contributed by atoms with Gasteiger partial charge in [-0.05, 0) is 18.9 Å². The summed E-state index contributed by atoms with van der Waals surface area (Å²) in [6.45, 7) is 0.183. The van der Waals surface area contributed by atoms with Crippen LogP contribution in [0.2, 0.25) is 0 Å². The van der Waals surface area contributed by atoms with Crippen LogP contribution in [0.15, 0.2) is 18.2 Å². The summed E-state index contributed by atoms with van der Waals surface area (Å²) in [5.74, 6) is 0.548. The number of benzene rings is 1. The minimum atomic E-state index is -0.794. The Morgan fingerprint density at radius 1 is 1.17 bits per heavy atom. The second kappa shape index (κ2) is 4.19. The zero-order valence-corrected chi connectivity index (χ0v) is 10.1. The average molecular weight is 248 g/mol. The largest absolute Gasteiger partial charge is 0.481 e. The monoisotopic (exact) mass is 248 g/mol. The molecule has 0 bridgehead atoms. The molecule has 1 aliphatic heterocycles. The smallest absolute Gasteiger partial charge is 0.314 e. The molecule has 0 saturated heterocycles. The molecule has 1 heterocycles. The fourth-order valence-electron chi connectivity index (χ4n) is 3.06. The highest BCUT2D eigenvalue weighted by atomic mass is 16.7. The molecule has 1 saturated carbocycles. The van der Waals surface area contributed by atoms with Crippen molar-refractivity contribution in [2.45, 2.75) is 37.5 Å². The first-order valence-corrected chi connectivity index (χ1v) is 6.36. The second-order valence-electron chi connectivity index (χ2n) is 4.99. The van der Waals surface area contributed by atoms with Crippen LogP contribution in [0.5, 0.6) is 11.5 Å². The van der Waals surface area contributed by atoms with Crippen LogP contribution < -0.4 is 9.47 Å². The van der Waals surface area contributed by atoms with E-state index in [-0.39, 0.29) is 6.79 Å². The molecule has 0 atom stereocenters. The zero-order chi connectivity index (χ0) is 12.6. The van der Waals surface area contributed by atoms with E-state index in [9.17, 15) is 9.90 Å². The molecule has 1 aromatic carbocycles. The van der Waals surface area contributed by atoms with Gasteiger partial charge in [-0.2, -0.15) is 0 Å². The van der Waals surface area contributed by atoms with Gasteiger partial charge in [0.25, 0.3) is 0 Å². The number of hydrogen-bond donors (Lipinski definition) is 1. The second-order valence-corrected chi connectivity index (χ2v) is 4.99. The van der Waals surface area contributed by atoms with E-state index >= 15 is 0 Å². The third-order valence-corrected chi connectivity index (χ3v) is 4.03. The molecule has 0 radical (unpaired) electrons. The van der Waals surface area contributed by atoms with E-state index in [1.54, 1.807) is 0 Å². The summed E-state index contributed by atoms with van der Waals surface area (Å²) in [6.07, 6.45) is 4.39. The summed E-state index contributed by atoms with van der Waals surface area (Å²) in [7, 11) is 0. The Balaban J connectivity index is 2.11. The zero-order valence-electron chi connectivity index (χ0n) is 10.1. The average Bonchev–Trinajstić information content (AvgIpc) is 2.87. The molecule has 1 fully saturated rings.